The van der Waals surface area contributed by atoms with Crippen LogP contribution in [0.5, 0.6) is 11.9 Å². The molecule has 1 unspecified atom stereocenters. The normalized spacial score (nSPS) is 15.6. The molecule has 13 heteroatoms. The Bertz CT molecular complexity index is 1680. The summed E-state index contributed by atoms with van der Waals surface area (Å²) in [6.45, 7) is 3.66. The van der Waals surface area contributed by atoms with Crippen LogP contribution in [-0.4, -0.2) is 40.4 Å². The number of carbonyl (C=O) groups is 1. The van der Waals surface area contributed by atoms with Crippen LogP contribution in [0.2, 0.25) is 5.02 Å². The molecule has 0 bridgehead atoms. The number of pyridine rings is 1. The number of hydrogen-bond donors (Lipinski definition) is 1. The molecule has 11 nitrogen and oxygen atoms in total. The van der Waals surface area contributed by atoms with Crippen LogP contribution < -0.4 is 25.7 Å². The maximum Gasteiger partial charge on any atom is 0.319 e. The molecule has 1 aliphatic rings. The highest BCUT2D eigenvalue weighted by atomic mass is 35.5. The number of hydrogen-bond acceptors (Lipinski definition) is 9. The second kappa shape index (κ2) is 11.2. The molecular formula is C27H25ClFN7O4. The lowest BCUT2D eigenvalue weighted by Crippen LogP contribution is -2.37. The molecule has 0 saturated carbocycles. The number of carbonyl (C=O) groups excluding carboxylic acids is 1. The van der Waals surface area contributed by atoms with Crippen LogP contribution in [-0.2, 0) is 11.8 Å². The molecule has 0 fully saturated rings. The van der Waals surface area contributed by atoms with Gasteiger partial charge in [0.15, 0.2) is 0 Å². The summed E-state index contributed by atoms with van der Waals surface area (Å²) in [6, 6.07) is 6.01. The van der Waals surface area contributed by atoms with Crippen molar-refractivity contribution in [2.24, 2.45) is 23.7 Å². The Balaban J connectivity index is 2.02. The zero-order valence-corrected chi connectivity index (χ0v) is 23.0. The van der Waals surface area contributed by atoms with Gasteiger partial charge in [0.2, 0.25) is 5.88 Å². The van der Waals surface area contributed by atoms with E-state index in [2.05, 4.69) is 9.97 Å². The minimum Gasteiger partial charge on any atom is -0.479 e. The number of amides is 1. The summed E-state index contributed by atoms with van der Waals surface area (Å²) in [4.78, 5) is 41.1. The molecule has 2 N–H and O–H groups in total. The number of aliphatic imine (C=N–C) groups is 1. The summed E-state index contributed by atoms with van der Waals surface area (Å²) >= 11 is 6.26. The molecule has 1 atom stereocenters. The number of rotatable bonds is 7. The standard InChI is InChI=1S/C27H25ClFN7O4/c1-13(2)22(33-18-11-32-27(40-5)34-24(18)39-4)20-21(31)26(38)36(19-9-16(28)12-35(3)25(19)37)23(20)14-6-7-15(10-30)17(29)8-14/h6-9,11-13,23H,31H2,1-5H3. The summed E-state index contributed by atoms with van der Waals surface area (Å²) in [5, 5.41) is 9.45. The van der Waals surface area contributed by atoms with Gasteiger partial charge in [-0.1, -0.05) is 31.5 Å². The Labute approximate surface area is 234 Å². The van der Waals surface area contributed by atoms with E-state index in [0.29, 0.717) is 5.71 Å². The average Bonchev–Trinajstić information content (AvgIpc) is 3.18. The van der Waals surface area contributed by atoms with E-state index in [1.807, 2.05) is 13.8 Å². The Morgan fingerprint density at radius 1 is 1.25 bits per heavy atom. The third kappa shape index (κ3) is 4.99. The fourth-order valence-corrected chi connectivity index (χ4v) is 4.65. The Morgan fingerprint density at radius 2 is 1.98 bits per heavy atom. The van der Waals surface area contributed by atoms with Gasteiger partial charge in [-0.05, 0) is 29.7 Å². The fraction of sp³-hybridized carbons (Fsp3) is 0.259. The van der Waals surface area contributed by atoms with Crippen molar-refractivity contribution in [2.45, 2.75) is 19.9 Å². The van der Waals surface area contributed by atoms with Gasteiger partial charge in [-0.15, -0.1) is 0 Å². The maximum atomic E-state index is 14.9. The minimum absolute atomic E-state index is 0.0607. The van der Waals surface area contributed by atoms with Gasteiger partial charge in [0, 0.05) is 18.8 Å². The lowest BCUT2D eigenvalue weighted by molar-refractivity contribution is -0.114. The highest BCUT2D eigenvalue weighted by Gasteiger charge is 2.44. The molecule has 206 valence electrons. The van der Waals surface area contributed by atoms with Crippen molar-refractivity contribution in [3.63, 3.8) is 0 Å². The van der Waals surface area contributed by atoms with E-state index in [-0.39, 0.29) is 56.6 Å². The zero-order valence-electron chi connectivity index (χ0n) is 22.3. The molecule has 2 aromatic heterocycles. The summed E-state index contributed by atoms with van der Waals surface area (Å²) in [5.74, 6) is -1.73. The van der Waals surface area contributed by atoms with Crippen molar-refractivity contribution in [3.8, 4) is 18.0 Å². The van der Waals surface area contributed by atoms with E-state index in [1.165, 1.54) is 61.3 Å². The monoisotopic (exact) mass is 565 g/mol. The number of anilines is 1. The van der Waals surface area contributed by atoms with Crippen molar-refractivity contribution in [2.75, 3.05) is 19.1 Å². The first-order chi connectivity index (χ1) is 19.0. The molecule has 0 spiro atoms. The van der Waals surface area contributed by atoms with E-state index >= 15 is 0 Å². The number of nitrogens with zero attached hydrogens (tertiary/aromatic N) is 6. The Kier molecular flexibility index (Phi) is 7.88. The first-order valence-corrected chi connectivity index (χ1v) is 12.3. The van der Waals surface area contributed by atoms with E-state index in [4.69, 9.17) is 31.8 Å². The highest BCUT2D eigenvalue weighted by Crippen LogP contribution is 2.42. The van der Waals surface area contributed by atoms with Gasteiger partial charge in [-0.3, -0.25) is 14.5 Å². The summed E-state index contributed by atoms with van der Waals surface area (Å²) in [7, 11) is 4.30. The summed E-state index contributed by atoms with van der Waals surface area (Å²) < 4.78 is 26.6. The van der Waals surface area contributed by atoms with Crippen LogP contribution >= 0.6 is 11.6 Å². The topological polar surface area (TPSA) is 149 Å². The van der Waals surface area contributed by atoms with E-state index in [0.717, 1.165) is 6.07 Å². The summed E-state index contributed by atoms with van der Waals surface area (Å²) in [6.07, 6.45) is 2.79. The maximum absolute atomic E-state index is 14.9. The van der Waals surface area contributed by atoms with Gasteiger partial charge in [0.1, 0.15) is 29.0 Å². The van der Waals surface area contributed by atoms with Crippen LogP contribution in [0.3, 0.4) is 0 Å². The number of methoxy groups -OCH3 is 2. The van der Waals surface area contributed by atoms with E-state index in [1.54, 1.807) is 6.07 Å². The van der Waals surface area contributed by atoms with Crippen molar-refractivity contribution >= 4 is 34.6 Å². The smallest absolute Gasteiger partial charge is 0.319 e. The van der Waals surface area contributed by atoms with Crippen LogP contribution in [0, 0.1) is 23.1 Å². The molecule has 1 aliphatic heterocycles. The molecule has 4 rings (SSSR count). The van der Waals surface area contributed by atoms with E-state index in [9.17, 15) is 19.2 Å². The lowest BCUT2D eigenvalue weighted by Gasteiger charge is -2.28. The quantitative estimate of drug-likeness (QED) is 0.427. The first kappa shape index (κ1) is 28.3. The lowest BCUT2D eigenvalue weighted by atomic mass is 9.89. The van der Waals surface area contributed by atoms with Crippen molar-refractivity contribution in [3.05, 3.63) is 80.2 Å². The Morgan fingerprint density at radius 3 is 2.58 bits per heavy atom. The van der Waals surface area contributed by atoms with Crippen LogP contribution in [0.15, 0.2) is 57.7 Å². The number of nitriles is 1. The van der Waals surface area contributed by atoms with E-state index < -0.39 is 23.3 Å². The van der Waals surface area contributed by atoms with Crippen LogP contribution in [0.1, 0.15) is 31.0 Å². The molecule has 0 saturated heterocycles. The SMILES string of the molecule is COc1ncc(N=C(C2=C(N)C(=O)N(c3cc(Cl)cn(C)c3=O)C2c2ccc(C#N)c(F)c2)C(C)C)c(OC)n1. The van der Waals surface area contributed by atoms with Gasteiger partial charge < -0.3 is 19.8 Å². The van der Waals surface area contributed by atoms with Gasteiger partial charge in [-0.25, -0.2) is 14.4 Å². The second-order valence-corrected chi connectivity index (χ2v) is 9.56. The van der Waals surface area contributed by atoms with Gasteiger partial charge in [0.05, 0.1) is 42.8 Å². The highest BCUT2D eigenvalue weighted by molar-refractivity contribution is 6.31. The molecule has 0 radical (unpaired) electrons. The molecular weight excluding hydrogens is 541 g/mol. The molecule has 3 aromatic rings. The Hall–Kier alpha value is -4.76. The van der Waals surface area contributed by atoms with Crippen molar-refractivity contribution < 1.29 is 18.7 Å². The molecule has 3 heterocycles. The molecule has 1 aromatic carbocycles. The number of benzene rings is 1. The minimum atomic E-state index is -1.09. The zero-order chi connectivity index (χ0) is 29.3. The van der Waals surface area contributed by atoms with Gasteiger partial charge in [0.25, 0.3) is 11.5 Å². The third-order valence-electron chi connectivity index (χ3n) is 6.24. The fourth-order valence-electron chi connectivity index (χ4n) is 4.40. The largest absolute Gasteiger partial charge is 0.479 e. The van der Waals surface area contributed by atoms with Crippen molar-refractivity contribution in [1.82, 2.24) is 14.5 Å². The second-order valence-electron chi connectivity index (χ2n) is 9.12. The van der Waals surface area contributed by atoms with Gasteiger partial charge >= 0.3 is 6.01 Å². The van der Waals surface area contributed by atoms with Crippen LogP contribution in [0.4, 0.5) is 15.8 Å². The first-order valence-electron chi connectivity index (χ1n) is 11.9. The molecule has 0 aliphatic carbocycles. The number of halogens is 2. The predicted octanol–water partition coefficient (Wildman–Crippen LogP) is 3.59. The van der Waals surface area contributed by atoms with Gasteiger partial charge in [-0.2, -0.15) is 10.2 Å². The number of aryl methyl sites for hydroxylation is 1. The average molecular weight is 566 g/mol. The summed E-state index contributed by atoms with van der Waals surface area (Å²) in [5.41, 5.74) is 6.53. The number of aromatic nitrogens is 3. The predicted molar refractivity (Wildman–Crippen MR) is 146 cm³/mol. The van der Waals surface area contributed by atoms with Crippen LogP contribution in [0.25, 0.3) is 0 Å². The third-order valence-corrected chi connectivity index (χ3v) is 6.45. The van der Waals surface area contributed by atoms with Crippen molar-refractivity contribution in [1.29, 1.82) is 5.26 Å². The number of ether oxygens (including phenoxy) is 2. The molecule has 1 amide bonds. The molecule has 40 heavy (non-hydrogen) atoms. The number of nitrogens with two attached hydrogens (primary N) is 1.